The van der Waals surface area contributed by atoms with E-state index in [-0.39, 0.29) is 0 Å². The number of rotatable bonds is 2. The molecule has 0 aromatic heterocycles. The summed E-state index contributed by atoms with van der Waals surface area (Å²) in [6.45, 7) is 10.1. The fraction of sp³-hybridized carbons (Fsp3) is 0.500. The zero-order valence-corrected chi connectivity index (χ0v) is 7.83. The Bertz CT molecular complexity index is 132. The molecular formula is C8H13Br. The second-order valence-electron chi connectivity index (χ2n) is 2.30. The molecule has 9 heavy (non-hydrogen) atoms. The minimum atomic E-state index is 0.571. The first kappa shape index (κ1) is 8.96. The van der Waals surface area contributed by atoms with Crippen LogP contribution in [-0.2, 0) is 0 Å². The van der Waals surface area contributed by atoms with Gasteiger partial charge in [0, 0.05) is 4.48 Å². The second kappa shape index (κ2) is 3.89. The third kappa shape index (κ3) is 2.85. The molecule has 0 aromatic rings. The van der Waals surface area contributed by atoms with Crippen LogP contribution in [0.1, 0.15) is 20.8 Å². The largest absolute Gasteiger partial charge is 0.0845 e. The van der Waals surface area contributed by atoms with Crippen LogP contribution in [0.5, 0.6) is 0 Å². The SMILES string of the molecule is C=C(Br)/C(=C\C)C(C)C. The van der Waals surface area contributed by atoms with Crippen LogP contribution in [0, 0.1) is 5.92 Å². The zero-order valence-electron chi connectivity index (χ0n) is 6.24. The summed E-state index contributed by atoms with van der Waals surface area (Å²) in [4.78, 5) is 0. The summed E-state index contributed by atoms with van der Waals surface area (Å²) in [5.74, 6) is 0.571. The molecule has 0 atom stereocenters. The van der Waals surface area contributed by atoms with Crippen molar-refractivity contribution in [1.29, 1.82) is 0 Å². The van der Waals surface area contributed by atoms with E-state index >= 15 is 0 Å². The number of halogens is 1. The number of hydrogen-bond donors (Lipinski definition) is 0. The summed E-state index contributed by atoms with van der Waals surface area (Å²) in [6.07, 6.45) is 2.09. The maximum atomic E-state index is 3.80. The van der Waals surface area contributed by atoms with Crippen LogP contribution in [0.15, 0.2) is 22.7 Å². The van der Waals surface area contributed by atoms with Crippen molar-refractivity contribution in [2.75, 3.05) is 0 Å². The molecule has 0 heterocycles. The van der Waals surface area contributed by atoms with Crippen LogP contribution < -0.4 is 0 Å². The summed E-state index contributed by atoms with van der Waals surface area (Å²) >= 11 is 3.34. The highest BCUT2D eigenvalue weighted by atomic mass is 79.9. The Morgan fingerprint density at radius 2 is 2.00 bits per heavy atom. The van der Waals surface area contributed by atoms with E-state index < -0.39 is 0 Å². The Morgan fingerprint density at radius 3 is 2.00 bits per heavy atom. The monoisotopic (exact) mass is 188 g/mol. The Hall–Kier alpha value is -0.0400. The molecule has 0 spiro atoms. The average molecular weight is 189 g/mol. The van der Waals surface area contributed by atoms with E-state index in [0.717, 1.165) is 4.48 Å². The van der Waals surface area contributed by atoms with Crippen LogP contribution >= 0.6 is 15.9 Å². The van der Waals surface area contributed by atoms with E-state index in [1.54, 1.807) is 0 Å². The topological polar surface area (TPSA) is 0 Å². The quantitative estimate of drug-likeness (QED) is 0.583. The molecule has 0 saturated heterocycles. The van der Waals surface area contributed by atoms with Gasteiger partial charge in [0.2, 0.25) is 0 Å². The molecule has 0 aliphatic carbocycles. The van der Waals surface area contributed by atoms with Gasteiger partial charge in [-0.15, -0.1) is 0 Å². The molecule has 0 bridgehead atoms. The smallest absolute Gasteiger partial charge is 0.0134 e. The third-order valence-electron chi connectivity index (χ3n) is 1.25. The molecule has 0 saturated carbocycles. The van der Waals surface area contributed by atoms with Crippen molar-refractivity contribution in [3.8, 4) is 0 Å². The minimum absolute atomic E-state index is 0.571. The standard InChI is InChI=1S/C8H13Br/c1-5-8(6(2)3)7(4)9/h5-6H,4H2,1-3H3/b8-5-. The van der Waals surface area contributed by atoms with Crippen molar-refractivity contribution < 1.29 is 0 Å². The lowest BCUT2D eigenvalue weighted by Crippen LogP contribution is -1.91. The van der Waals surface area contributed by atoms with E-state index in [9.17, 15) is 0 Å². The Labute approximate surface area is 65.8 Å². The summed E-state index contributed by atoms with van der Waals surface area (Å²) in [5, 5.41) is 0. The van der Waals surface area contributed by atoms with Gasteiger partial charge in [-0.3, -0.25) is 0 Å². The van der Waals surface area contributed by atoms with E-state index in [2.05, 4.69) is 42.4 Å². The fourth-order valence-corrected chi connectivity index (χ4v) is 1.49. The van der Waals surface area contributed by atoms with Gasteiger partial charge in [-0.2, -0.15) is 0 Å². The average Bonchev–Trinajstić information content (AvgIpc) is 1.64. The molecule has 0 radical (unpaired) electrons. The first-order valence-electron chi connectivity index (χ1n) is 3.10. The normalized spacial score (nSPS) is 12.3. The van der Waals surface area contributed by atoms with E-state index in [4.69, 9.17) is 0 Å². The lowest BCUT2D eigenvalue weighted by Gasteiger charge is -2.07. The lowest BCUT2D eigenvalue weighted by atomic mass is 10.0. The van der Waals surface area contributed by atoms with Gasteiger partial charge in [0.1, 0.15) is 0 Å². The molecule has 0 nitrogen and oxygen atoms in total. The maximum absolute atomic E-state index is 3.80. The second-order valence-corrected chi connectivity index (χ2v) is 3.26. The summed E-state index contributed by atoms with van der Waals surface area (Å²) < 4.78 is 1.00. The minimum Gasteiger partial charge on any atom is -0.0845 e. The lowest BCUT2D eigenvalue weighted by molar-refractivity contribution is 0.788. The van der Waals surface area contributed by atoms with Gasteiger partial charge in [-0.25, -0.2) is 0 Å². The van der Waals surface area contributed by atoms with Crippen molar-refractivity contribution in [2.45, 2.75) is 20.8 Å². The number of allylic oxidation sites excluding steroid dienone is 3. The highest BCUT2D eigenvalue weighted by Crippen LogP contribution is 2.21. The van der Waals surface area contributed by atoms with E-state index in [1.807, 2.05) is 6.92 Å². The number of hydrogen-bond acceptors (Lipinski definition) is 0. The Morgan fingerprint density at radius 1 is 1.56 bits per heavy atom. The molecule has 0 aliphatic rings. The fourth-order valence-electron chi connectivity index (χ4n) is 0.803. The highest BCUT2D eigenvalue weighted by molar-refractivity contribution is 9.11. The van der Waals surface area contributed by atoms with Crippen molar-refractivity contribution >= 4 is 15.9 Å². The van der Waals surface area contributed by atoms with Gasteiger partial charge in [-0.05, 0) is 18.4 Å². The molecule has 0 amide bonds. The van der Waals surface area contributed by atoms with Crippen molar-refractivity contribution in [1.82, 2.24) is 0 Å². The summed E-state index contributed by atoms with van der Waals surface area (Å²) in [7, 11) is 0. The molecular weight excluding hydrogens is 176 g/mol. The van der Waals surface area contributed by atoms with Crippen molar-refractivity contribution in [3.63, 3.8) is 0 Å². The first-order chi connectivity index (χ1) is 4.09. The van der Waals surface area contributed by atoms with Crippen LogP contribution in [0.3, 0.4) is 0 Å². The molecule has 0 N–H and O–H groups in total. The van der Waals surface area contributed by atoms with Gasteiger partial charge in [-0.1, -0.05) is 42.4 Å². The van der Waals surface area contributed by atoms with Crippen LogP contribution in [0.2, 0.25) is 0 Å². The highest BCUT2D eigenvalue weighted by Gasteiger charge is 2.01. The van der Waals surface area contributed by atoms with Crippen molar-refractivity contribution in [2.24, 2.45) is 5.92 Å². The molecule has 52 valence electrons. The Kier molecular flexibility index (Phi) is 3.87. The molecule has 0 rings (SSSR count). The van der Waals surface area contributed by atoms with Gasteiger partial charge in [0.15, 0.2) is 0 Å². The van der Waals surface area contributed by atoms with Gasteiger partial charge in [0.05, 0.1) is 0 Å². The first-order valence-corrected chi connectivity index (χ1v) is 3.89. The van der Waals surface area contributed by atoms with Gasteiger partial charge >= 0.3 is 0 Å². The van der Waals surface area contributed by atoms with E-state index in [0.29, 0.717) is 5.92 Å². The molecule has 0 unspecified atom stereocenters. The van der Waals surface area contributed by atoms with Gasteiger partial charge < -0.3 is 0 Å². The van der Waals surface area contributed by atoms with Crippen LogP contribution in [0.25, 0.3) is 0 Å². The van der Waals surface area contributed by atoms with Gasteiger partial charge in [0.25, 0.3) is 0 Å². The molecule has 0 aliphatic heterocycles. The van der Waals surface area contributed by atoms with Crippen LogP contribution in [0.4, 0.5) is 0 Å². The zero-order chi connectivity index (χ0) is 7.44. The molecule has 0 fully saturated rings. The molecule has 1 heteroatoms. The van der Waals surface area contributed by atoms with Crippen molar-refractivity contribution in [3.05, 3.63) is 22.7 Å². The summed E-state index contributed by atoms with van der Waals surface area (Å²) in [5.41, 5.74) is 1.29. The van der Waals surface area contributed by atoms with Crippen LogP contribution in [-0.4, -0.2) is 0 Å². The predicted octanol–water partition coefficient (Wildman–Crippen LogP) is 3.50. The van der Waals surface area contributed by atoms with E-state index in [1.165, 1.54) is 5.57 Å². The third-order valence-corrected chi connectivity index (χ3v) is 1.70. The predicted molar refractivity (Wildman–Crippen MR) is 46.7 cm³/mol. The molecule has 0 aromatic carbocycles. The summed E-state index contributed by atoms with van der Waals surface area (Å²) in [6, 6.07) is 0. The maximum Gasteiger partial charge on any atom is 0.0134 e. The Balaban J connectivity index is 4.19.